The Labute approximate surface area is 243 Å². The molecule has 0 bridgehead atoms. The first-order valence-electron chi connectivity index (χ1n) is 13.3. The summed E-state index contributed by atoms with van der Waals surface area (Å²) < 4.78 is 28.9. The molecule has 0 fully saturated rings. The van der Waals surface area contributed by atoms with E-state index < -0.39 is 28.5 Å². The van der Waals surface area contributed by atoms with Crippen molar-refractivity contribution in [2.75, 3.05) is 10.8 Å². The van der Waals surface area contributed by atoms with Gasteiger partial charge in [-0.15, -0.1) is 0 Å². The van der Waals surface area contributed by atoms with Crippen molar-refractivity contribution in [3.63, 3.8) is 0 Å². The van der Waals surface area contributed by atoms with Crippen LogP contribution in [0.1, 0.15) is 49.4 Å². The number of nitrogens with zero attached hydrogens (tertiary/aromatic N) is 2. The van der Waals surface area contributed by atoms with Crippen LogP contribution >= 0.6 is 11.6 Å². The second kappa shape index (κ2) is 13.3. The van der Waals surface area contributed by atoms with Gasteiger partial charge in [-0.2, -0.15) is 0 Å². The number of anilines is 1. The maximum absolute atomic E-state index is 14.0. The lowest BCUT2D eigenvalue weighted by Gasteiger charge is -2.32. The number of halogens is 1. The molecule has 0 heterocycles. The Morgan fingerprint density at radius 3 is 2.20 bits per heavy atom. The highest BCUT2D eigenvalue weighted by atomic mass is 35.5. The summed E-state index contributed by atoms with van der Waals surface area (Å²) in [7, 11) is -4.15. The molecule has 0 aliphatic heterocycles. The lowest BCUT2D eigenvalue weighted by atomic mass is 10.1. The van der Waals surface area contributed by atoms with Crippen LogP contribution in [0.4, 0.5) is 5.69 Å². The molecule has 2 atom stereocenters. The highest BCUT2D eigenvalue weighted by Crippen LogP contribution is 2.27. The Bertz CT molecular complexity index is 1460. The van der Waals surface area contributed by atoms with Gasteiger partial charge in [-0.1, -0.05) is 54.4 Å². The highest BCUT2D eigenvalue weighted by molar-refractivity contribution is 7.92. The average molecular weight is 584 g/mol. The summed E-state index contributed by atoms with van der Waals surface area (Å²) in [5.41, 5.74) is 4.10. The topological polar surface area (TPSA) is 86.8 Å². The maximum Gasteiger partial charge on any atom is 0.264 e. The van der Waals surface area contributed by atoms with Gasteiger partial charge in [0.2, 0.25) is 11.8 Å². The average Bonchev–Trinajstić information content (AvgIpc) is 2.91. The number of amides is 2. The maximum atomic E-state index is 14.0. The number of aryl methyl sites for hydroxylation is 3. The fourth-order valence-electron chi connectivity index (χ4n) is 4.20. The van der Waals surface area contributed by atoms with E-state index in [1.165, 1.54) is 29.2 Å². The van der Waals surface area contributed by atoms with Crippen LogP contribution < -0.4 is 9.62 Å². The molecular formula is C31H38ClN3O4S. The van der Waals surface area contributed by atoms with Gasteiger partial charge in [0.1, 0.15) is 12.6 Å². The number of rotatable bonds is 11. The smallest absolute Gasteiger partial charge is 0.264 e. The van der Waals surface area contributed by atoms with E-state index >= 15 is 0 Å². The first-order chi connectivity index (χ1) is 18.8. The van der Waals surface area contributed by atoms with E-state index in [2.05, 4.69) is 5.32 Å². The molecule has 7 nitrogen and oxygen atoms in total. The molecule has 9 heteroatoms. The van der Waals surface area contributed by atoms with Gasteiger partial charge in [-0.25, -0.2) is 8.42 Å². The predicted octanol–water partition coefficient (Wildman–Crippen LogP) is 5.79. The number of carbonyl (C=O) groups is 2. The number of carbonyl (C=O) groups excluding carboxylic acids is 2. The third-order valence-electron chi connectivity index (χ3n) is 7.06. The predicted molar refractivity (Wildman–Crippen MR) is 161 cm³/mol. The quantitative estimate of drug-likeness (QED) is 0.309. The Morgan fingerprint density at radius 2 is 1.60 bits per heavy atom. The zero-order valence-corrected chi connectivity index (χ0v) is 25.5. The van der Waals surface area contributed by atoms with Crippen LogP contribution in [0.15, 0.2) is 71.6 Å². The van der Waals surface area contributed by atoms with Crippen LogP contribution in [-0.2, 0) is 26.2 Å². The van der Waals surface area contributed by atoms with Crippen molar-refractivity contribution < 1.29 is 18.0 Å². The standard InChI is InChI=1S/C31H38ClN3O4S/c1-7-24(5)33-31(37)25(6)34(19-26-10-8-9-21(2)17-26)30(36)20-35(28-14-11-22(3)23(4)18-28)40(38,39)29-15-12-27(32)13-16-29/h8-18,24-25H,7,19-20H2,1-6H3,(H,33,37)/t24-,25-/m1/s1. The lowest BCUT2D eigenvalue weighted by Crippen LogP contribution is -2.52. The molecular weight excluding hydrogens is 546 g/mol. The number of benzene rings is 3. The SMILES string of the molecule is CC[C@@H](C)NC(=O)[C@@H](C)N(Cc1cccc(C)c1)C(=O)CN(c1ccc(C)c(C)c1)S(=O)(=O)c1ccc(Cl)cc1. The Balaban J connectivity index is 2.05. The van der Waals surface area contributed by atoms with Gasteiger partial charge < -0.3 is 10.2 Å². The fourth-order valence-corrected chi connectivity index (χ4v) is 5.73. The van der Waals surface area contributed by atoms with E-state index in [1.54, 1.807) is 19.1 Å². The largest absolute Gasteiger partial charge is 0.352 e. The molecule has 214 valence electrons. The van der Waals surface area contributed by atoms with E-state index in [0.717, 1.165) is 33.0 Å². The molecule has 0 spiro atoms. The van der Waals surface area contributed by atoms with Crippen LogP contribution in [0.5, 0.6) is 0 Å². The van der Waals surface area contributed by atoms with Crippen molar-refractivity contribution in [1.82, 2.24) is 10.2 Å². The number of sulfonamides is 1. The number of hydrogen-bond acceptors (Lipinski definition) is 4. The van der Waals surface area contributed by atoms with Crippen LogP contribution in [0, 0.1) is 20.8 Å². The van der Waals surface area contributed by atoms with Crippen LogP contribution in [0.2, 0.25) is 5.02 Å². The van der Waals surface area contributed by atoms with Crippen LogP contribution in [0.25, 0.3) is 0 Å². The molecule has 3 aromatic rings. The van der Waals surface area contributed by atoms with Crippen molar-refractivity contribution in [1.29, 1.82) is 0 Å². The summed E-state index contributed by atoms with van der Waals surface area (Å²) in [5.74, 6) is -0.794. The molecule has 3 rings (SSSR count). The molecule has 0 saturated carbocycles. The lowest BCUT2D eigenvalue weighted by molar-refractivity contribution is -0.139. The van der Waals surface area contributed by atoms with Gasteiger partial charge in [0, 0.05) is 17.6 Å². The minimum Gasteiger partial charge on any atom is -0.352 e. The van der Waals surface area contributed by atoms with Crippen molar-refractivity contribution in [2.24, 2.45) is 0 Å². The van der Waals surface area contributed by atoms with E-state index in [1.807, 2.05) is 65.0 Å². The zero-order valence-electron chi connectivity index (χ0n) is 23.9. The van der Waals surface area contributed by atoms with Crippen molar-refractivity contribution in [2.45, 2.75) is 71.5 Å². The third-order valence-corrected chi connectivity index (χ3v) is 9.10. The minimum atomic E-state index is -4.15. The third kappa shape index (κ3) is 7.64. The Kier molecular flexibility index (Phi) is 10.4. The van der Waals surface area contributed by atoms with E-state index in [4.69, 9.17) is 11.6 Å². The molecule has 0 aromatic heterocycles. The fraction of sp³-hybridized carbons (Fsp3) is 0.355. The van der Waals surface area contributed by atoms with Gasteiger partial charge >= 0.3 is 0 Å². The first-order valence-corrected chi connectivity index (χ1v) is 15.2. The van der Waals surface area contributed by atoms with Crippen molar-refractivity contribution >= 4 is 39.1 Å². The zero-order chi connectivity index (χ0) is 29.6. The molecule has 2 amide bonds. The molecule has 40 heavy (non-hydrogen) atoms. The van der Waals surface area contributed by atoms with Gasteiger partial charge in [-0.3, -0.25) is 13.9 Å². The van der Waals surface area contributed by atoms with Crippen LogP contribution in [0.3, 0.4) is 0 Å². The molecule has 0 aliphatic rings. The second-order valence-corrected chi connectivity index (χ2v) is 12.5. The minimum absolute atomic E-state index is 0.00993. The summed E-state index contributed by atoms with van der Waals surface area (Å²) in [6.45, 7) is 11.0. The molecule has 0 unspecified atom stereocenters. The second-order valence-electron chi connectivity index (χ2n) is 10.2. The van der Waals surface area contributed by atoms with Crippen molar-refractivity contribution in [3.8, 4) is 0 Å². The van der Waals surface area contributed by atoms with Gasteiger partial charge in [-0.05, 0) is 94.1 Å². The van der Waals surface area contributed by atoms with E-state index in [-0.39, 0.29) is 23.4 Å². The van der Waals surface area contributed by atoms with E-state index in [0.29, 0.717) is 10.7 Å². The number of hydrogen-bond donors (Lipinski definition) is 1. The van der Waals surface area contributed by atoms with E-state index in [9.17, 15) is 18.0 Å². The van der Waals surface area contributed by atoms with Crippen LogP contribution in [-0.4, -0.2) is 43.8 Å². The highest BCUT2D eigenvalue weighted by Gasteiger charge is 2.33. The molecule has 1 N–H and O–H groups in total. The normalized spacial score (nSPS) is 12.9. The summed E-state index contributed by atoms with van der Waals surface area (Å²) >= 11 is 6.01. The molecule has 0 radical (unpaired) electrons. The summed E-state index contributed by atoms with van der Waals surface area (Å²) in [6, 6.07) is 17.9. The van der Waals surface area contributed by atoms with Gasteiger partial charge in [0.25, 0.3) is 10.0 Å². The van der Waals surface area contributed by atoms with Gasteiger partial charge in [0.05, 0.1) is 10.6 Å². The van der Waals surface area contributed by atoms with Crippen molar-refractivity contribution in [3.05, 3.63) is 94.0 Å². The number of nitrogens with one attached hydrogen (secondary N) is 1. The molecule has 3 aromatic carbocycles. The Hall–Kier alpha value is -3.36. The Morgan fingerprint density at radius 1 is 0.925 bits per heavy atom. The van der Waals surface area contributed by atoms with Gasteiger partial charge in [0.15, 0.2) is 0 Å². The first kappa shape index (κ1) is 31.2. The monoisotopic (exact) mass is 583 g/mol. The summed E-state index contributed by atoms with van der Waals surface area (Å²) in [5, 5.41) is 3.35. The summed E-state index contributed by atoms with van der Waals surface area (Å²) in [6.07, 6.45) is 0.740. The molecule has 0 aliphatic carbocycles. The molecule has 0 saturated heterocycles. The summed E-state index contributed by atoms with van der Waals surface area (Å²) in [4.78, 5) is 28.6.